The SMILES string of the molecule is CCc1ccc(CN)cc1S(=O)(=O)N(CC)C(C)CC. The minimum atomic E-state index is -3.46. The molecule has 1 aromatic rings. The Morgan fingerprint density at radius 3 is 2.35 bits per heavy atom. The van der Waals surface area contributed by atoms with Crippen LogP contribution in [-0.2, 0) is 23.0 Å². The first kappa shape index (κ1) is 17.1. The normalized spacial score (nSPS) is 13.7. The molecule has 0 saturated carbocycles. The van der Waals surface area contributed by atoms with Crippen LogP contribution in [-0.4, -0.2) is 25.3 Å². The standard InChI is InChI=1S/C15H26N2O2S/c1-5-12(4)17(7-3)20(18,19)15-10-13(11-16)8-9-14(15)6-2/h8-10,12H,5-7,11,16H2,1-4H3. The number of aryl methyl sites for hydroxylation is 1. The van der Waals surface area contributed by atoms with Gasteiger partial charge in [0.2, 0.25) is 10.0 Å². The Labute approximate surface area is 123 Å². The second kappa shape index (κ2) is 7.20. The highest BCUT2D eigenvalue weighted by Crippen LogP contribution is 2.24. The van der Waals surface area contributed by atoms with Gasteiger partial charge in [0, 0.05) is 19.1 Å². The van der Waals surface area contributed by atoms with Gasteiger partial charge in [0.05, 0.1) is 4.90 Å². The molecule has 4 nitrogen and oxygen atoms in total. The maximum Gasteiger partial charge on any atom is 0.243 e. The van der Waals surface area contributed by atoms with E-state index >= 15 is 0 Å². The Hall–Kier alpha value is -0.910. The van der Waals surface area contributed by atoms with Crippen molar-refractivity contribution < 1.29 is 8.42 Å². The van der Waals surface area contributed by atoms with Gasteiger partial charge in [0.1, 0.15) is 0 Å². The summed E-state index contributed by atoms with van der Waals surface area (Å²) < 4.78 is 27.4. The minimum Gasteiger partial charge on any atom is -0.326 e. The molecule has 0 aromatic heterocycles. The summed E-state index contributed by atoms with van der Waals surface area (Å²) in [5.74, 6) is 0. The van der Waals surface area contributed by atoms with Crippen LogP contribution in [0.15, 0.2) is 23.1 Å². The van der Waals surface area contributed by atoms with Gasteiger partial charge in [-0.2, -0.15) is 4.31 Å². The fourth-order valence-electron chi connectivity index (χ4n) is 2.31. The molecule has 0 aliphatic heterocycles. The van der Waals surface area contributed by atoms with Crippen LogP contribution in [0, 0.1) is 0 Å². The molecule has 1 unspecified atom stereocenters. The number of rotatable bonds is 7. The van der Waals surface area contributed by atoms with Crippen LogP contribution < -0.4 is 5.73 Å². The molecule has 20 heavy (non-hydrogen) atoms. The third-order valence-corrected chi connectivity index (χ3v) is 5.90. The lowest BCUT2D eigenvalue weighted by molar-refractivity contribution is 0.342. The van der Waals surface area contributed by atoms with E-state index in [-0.39, 0.29) is 6.04 Å². The first-order valence-electron chi connectivity index (χ1n) is 7.25. The summed E-state index contributed by atoms with van der Waals surface area (Å²) in [6.07, 6.45) is 1.49. The third kappa shape index (κ3) is 3.40. The van der Waals surface area contributed by atoms with E-state index < -0.39 is 10.0 Å². The van der Waals surface area contributed by atoms with Gasteiger partial charge < -0.3 is 5.73 Å². The summed E-state index contributed by atoms with van der Waals surface area (Å²) in [6.45, 7) is 8.62. The molecule has 114 valence electrons. The molecule has 1 aromatic carbocycles. The molecule has 0 aliphatic rings. The van der Waals surface area contributed by atoms with E-state index in [9.17, 15) is 8.42 Å². The van der Waals surface area contributed by atoms with Crippen LogP contribution in [0.3, 0.4) is 0 Å². The highest BCUT2D eigenvalue weighted by atomic mass is 32.2. The summed E-state index contributed by atoms with van der Waals surface area (Å²) in [5.41, 5.74) is 7.34. The van der Waals surface area contributed by atoms with E-state index in [4.69, 9.17) is 5.73 Å². The zero-order valence-corrected chi connectivity index (χ0v) is 13.7. The second-order valence-corrected chi connectivity index (χ2v) is 6.82. The lowest BCUT2D eigenvalue weighted by atomic mass is 10.1. The van der Waals surface area contributed by atoms with Crippen LogP contribution >= 0.6 is 0 Å². The highest BCUT2D eigenvalue weighted by molar-refractivity contribution is 7.89. The van der Waals surface area contributed by atoms with E-state index in [1.165, 1.54) is 0 Å². The third-order valence-electron chi connectivity index (χ3n) is 3.73. The molecule has 0 spiro atoms. The molecule has 0 amide bonds. The van der Waals surface area contributed by atoms with Crippen molar-refractivity contribution >= 4 is 10.0 Å². The van der Waals surface area contributed by atoms with Gasteiger partial charge in [-0.1, -0.05) is 32.9 Å². The topological polar surface area (TPSA) is 63.4 Å². The van der Waals surface area contributed by atoms with E-state index in [0.717, 1.165) is 17.5 Å². The van der Waals surface area contributed by atoms with Crippen molar-refractivity contribution in [2.24, 2.45) is 5.73 Å². The Kier molecular flexibility index (Phi) is 6.17. The van der Waals surface area contributed by atoms with Gasteiger partial charge in [-0.3, -0.25) is 0 Å². The van der Waals surface area contributed by atoms with Gasteiger partial charge in [0.15, 0.2) is 0 Å². The maximum atomic E-state index is 12.9. The van der Waals surface area contributed by atoms with E-state index in [0.29, 0.717) is 24.4 Å². The molecule has 1 rings (SSSR count). The number of hydrogen-bond donors (Lipinski definition) is 1. The molecule has 0 heterocycles. The molecule has 5 heteroatoms. The lowest BCUT2D eigenvalue weighted by Gasteiger charge is -2.27. The van der Waals surface area contributed by atoms with Gasteiger partial charge in [0.25, 0.3) is 0 Å². The van der Waals surface area contributed by atoms with Crippen molar-refractivity contribution in [3.05, 3.63) is 29.3 Å². The fraction of sp³-hybridized carbons (Fsp3) is 0.600. The quantitative estimate of drug-likeness (QED) is 0.841. The number of hydrogen-bond acceptors (Lipinski definition) is 3. The lowest BCUT2D eigenvalue weighted by Crippen LogP contribution is -2.38. The monoisotopic (exact) mass is 298 g/mol. The second-order valence-electron chi connectivity index (χ2n) is 4.97. The average molecular weight is 298 g/mol. The molecular formula is C15H26N2O2S. The van der Waals surface area contributed by atoms with Crippen LogP contribution in [0.1, 0.15) is 45.2 Å². The maximum absolute atomic E-state index is 12.9. The van der Waals surface area contributed by atoms with E-state index in [1.54, 1.807) is 10.4 Å². The summed E-state index contributed by atoms with van der Waals surface area (Å²) >= 11 is 0. The smallest absolute Gasteiger partial charge is 0.243 e. The Bertz CT molecular complexity index is 541. The number of sulfonamides is 1. The minimum absolute atomic E-state index is 0.00348. The zero-order chi connectivity index (χ0) is 15.3. The van der Waals surface area contributed by atoms with Crippen molar-refractivity contribution in [2.75, 3.05) is 6.54 Å². The molecule has 0 radical (unpaired) electrons. The predicted octanol–water partition coefficient (Wildman–Crippen LogP) is 2.52. The van der Waals surface area contributed by atoms with Crippen molar-refractivity contribution in [2.45, 2.75) is 58.0 Å². The van der Waals surface area contributed by atoms with E-state index in [1.807, 2.05) is 39.8 Å². The summed E-state index contributed by atoms with van der Waals surface area (Å²) in [4.78, 5) is 0.408. The summed E-state index contributed by atoms with van der Waals surface area (Å²) in [6, 6.07) is 5.49. The summed E-state index contributed by atoms with van der Waals surface area (Å²) in [5, 5.41) is 0. The largest absolute Gasteiger partial charge is 0.326 e. The van der Waals surface area contributed by atoms with Crippen LogP contribution in [0.2, 0.25) is 0 Å². The van der Waals surface area contributed by atoms with Crippen molar-refractivity contribution in [1.82, 2.24) is 4.31 Å². The first-order valence-corrected chi connectivity index (χ1v) is 8.69. The molecule has 0 fully saturated rings. The first-order chi connectivity index (χ1) is 9.42. The predicted molar refractivity (Wildman–Crippen MR) is 83.0 cm³/mol. The Morgan fingerprint density at radius 2 is 1.90 bits per heavy atom. The molecule has 2 N–H and O–H groups in total. The molecule has 1 atom stereocenters. The van der Waals surface area contributed by atoms with E-state index in [2.05, 4.69) is 0 Å². The zero-order valence-electron chi connectivity index (χ0n) is 12.9. The van der Waals surface area contributed by atoms with Gasteiger partial charge in [-0.15, -0.1) is 0 Å². The van der Waals surface area contributed by atoms with Crippen LogP contribution in [0.25, 0.3) is 0 Å². The van der Waals surface area contributed by atoms with Crippen LogP contribution in [0.5, 0.6) is 0 Å². The molecule has 0 saturated heterocycles. The molecule has 0 bridgehead atoms. The highest BCUT2D eigenvalue weighted by Gasteiger charge is 2.28. The Balaban J connectivity index is 3.39. The van der Waals surface area contributed by atoms with Gasteiger partial charge in [-0.05, 0) is 37.0 Å². The number of benzene rings is 1. The fourth-order valence-corrected chi connectivity index (χ4v) is 4.37. The van der Waals surface area contributed by atoms with Crippen molar-refractivity contribution in [1.29, 1.82) is 0 Å². The van der Waals surface area contributed by atoms with Crippen molar-refractivity contribution in [3.63, 3.8) is 0 Å². The number of nitrogens with zero attached hydrogens (tertiary/aromatic N) is 1. The summed E-state index contributed by atoms with van der Waals surface area (Å²) in [7, 11) is -3.46. The van der Waals surface area contributed by atoms with Crippen LogP contribution in [0.4, 0.5) is 0 Å². The van der Waals surface area contributed by atoms with Crippen molar-refractivity contribution in [3.8, 4) is 0 Å². The molecular weight excluding hydrogens is 272 g/mol. The average Bonchev–Trinajstić information content (AvgIpc) is 2.46. The molecule has 0 aliphatic carbocycles. The van der Waals surface area contributed by atoms with Gasteiger partial charge >= 0.3 is 0 Å². The van der Waals surface area contributed by atoms with Gasteiger partial charge in [-0.25, -0.2) is 8.42 Å². The number of nitrogens with two attached hydrogens (primary N) is 1. The Morgan fingerprint density at radius 1 is 1.25 bits per heavy atom.